The Morgan fingerprint density at radius 3 is 2.19 bits per heavy atom. The van der Waals surface area contributed by atoms with Gasteiger partial charge in [0, 0.05) is 31.2 Å². The average molecular weight is 517 g/mol. The second-order valence-corrected chi connectivity index (χ2v) is 10.9. The minimum Gasteiger partial charge on any atom is -0.492 e. The lowest BCUT2D eigenvalue weighted by atomic mass is 9.67. The molecule has 2 aliphatic heterocycles. The van der Waals surface area contributed by atoms with E-state index in [1.165, 1.54) is 0 Å². The van der Waals surface area contributed by atoms with E-state index in [0.717, 1.165) is 30.4 Å². The van der Waals surface area contributed by atoms with Gasteiger partial charge in [0.25, 0.3) is 5.91 Å². The first-order chi connectivity index (χ1) is 17.7. The van der Waals surface area contributed by atoms with E-state index in [2.05, 4.69) is 0 Å². The van der Waals surface area contributed by atoms with Crippen molar-refractivity contribution in [1.29, 1.82) is 0 Å². The van der Waals surface area contributed by atoms with Crippen LogP contribution >= 0.6 is 0 Å². The average Bonchev–Trinajstić information content (AvgIpc) is 3.31. The molecule has 2 atom stereocenters. The third-order valence-corrected chi connectivity index (χ3v) is 8.38. The number of carbonyl (C=O) groups excluding carboxylic acids is 1. The fourth-order valence-corrected chi connectivity index (χ4v) is 5.83. The van der Waals surface area contributed by atoms with Crippen LogP contribution in [0.2, 0.25) is 0 Å². The highest BCUT2D eigenvalue weighted by atomic mass is 19.4. The fraction of sp³-hybridized carbons (Fsp3) is 0.552. The van der Waals surface area contributed by atoms with Crippen molar-refractivity contribution in [2.24, 2.45) is 5.41 Å². The van der Waals surface area contributed by atoms with E-state index in [0.29, 0.717) is 50.4 Å². The molecule has 2 aromatic rings. The molecular formula is C29H35F3N2O3. The monoisotopic (exact) mass is 516 g/mol. The Balaban J connectivity index is 1.17. The zero-order valence-electron chi connectivity index (χ0n) is 21.1. The van der Waals surface area contributed by atoms with Crippen LogP contribution in [0.5, 0.6) is 5.75 Å². The largest absolute Gasteiger partial charge is 0.492 e. The summed E-state index contributed by atoms with van der Waals surface area (Å²) in [4.78, 5) is 16.3. The number of amides is 1. The molecule has 0 aromatic heterocycles. The zero-order chi connectivity index (χ0) is 26.0. The highest BCUT2D eigenvalue weighted by Crippen LogP contribution is 2.53. The summed E-state index contributed by atoms with van der Waals surface area (Å²) in [6.45, 7) is 2.12. The summed E-state index contributed by atoms with van der Waals surface area (Å²) in [5.41, 5.74) is 1.02. The molecule has 1 unspecified atom stereocenters. The first-order valence-electron chi connectivity index (χ1n) is 13.4. The molecule has 37 heavy (non-hydrogen) atoms. The third-order valence-electron chi connectivity index (χ3n) is 8.38. The topological polar surface area (TPSA) is 53.0 Å². The van der Waals surface area contributed by atoms with Crippen LogP contribution in [-0.2, 0) is 0 Å². The Morgan fingerprint density at radius 1 is 0.946 bits per heavy atom. The van der Waals surface area contributed by atoms with E-state index in [9.17, 15) is 23.1 Å². The maximum absolute atomic E-state index is 13.7. The smallest absolute Gasteiger partial charge is 0.395 e. The van der Waals surface area contributed by atoms with Crippen LogP contribution in [0.1, 0.15) is 55.3 Å². The van der Waals surface area contributed by atoms with Gasteiger partial charge < -0.3 is 14.7 Å². The number of aliphatic hydroxyl groups is 1. The van der Waals surface area contributed by atoms with Gasteiger partial charge in [-0.3, -0.25) is 9.69 Å². The van der Waals surface area contributed by atoms with Crippen molar-refractivity contribution in [3.05, 3.63) is 54.1 Å². The molecule has 8 heteroatoms. The molecule has 0 bridgehead atoms. The predicted octanol–water partition coefficient (Wildman–Crippen LogP) is 5.53. The van der Waals surface area contributed by atoms with E-state index < -0.39 is 17.7 Å². The number of likely N-dealkylation sites (tertiary alicyclic amines) is 2. The van der Waals surface area contributed by atoms with Crippen molar-refractivity contribution >= 4 is 5.91 Å². The van der Waals surface area contributed by atoms with Gasteiger partial charge in [0.15, 0.2) is 0 Å². The van der Waals surface area contributed by atoms with Gasteiger partial charge in [0.1, 0.15) is 12.4 Å². The molecule has 0 radical (unpaired) electrons. The van der Waals surface area contributed by atoms with E-state index >= 15 is 0 Å². The van der Waals surface area contributed by atoms with Crippen LogP contribution in [0.15, 0.2) is 48.5 Å². The van der Waals surface area contributed by atoms with Crippen molar-refractivity contribution in [3.8, 4) is 16.9 Å². The van der Waals surface area contributed by atoms with E-state index in [4.69, 9.17) is 4.74 Å². The second-order valence-electron chi connectivity index (χ2n) is 10.9. The maximum Gasteiger partial charge on any atom is 0.395 e. The first-order valence-corrected chi connectivity index (χ1v) is 13.4. The van der Waals surface area contributed by atoms with Gasteiger partial charge in [0.05, 0.1) is 11.5 Å². The highest BCUT2D eigenvalue weighted by molar-refractivity contribution is 5.95. The fourth-order valence-electron chi connectivity index (χ4n) is 5.83. The minimum absolute atomic E-state index is 0.00458. The predicted molar refractivity (Wildman–Crippen MR) is 135 cm³/mol. The Labute approximate surface area is 216 Å². The van der Waals surface area contributed by atoms with Crippen LogP contribution in [0.4, 0.5) is 13.2 Å². The quantitative estimate of drug-likeness (QED) is 0.526. The third kappa shape index (κ3) is 5.65. The van der Waals surface area contributed by atoms with E-state index in [1.54, 1.807) is 17.0 Å². The Bertz CT molecular complexity index is 1070. The minimum atomic E-state index is -4.15. The number of hydrogen-bond donors (Lipinski definition) is 1. The zero-order valence-corrected chi connectivity index (χ0v) is 21.1. The number of hydrogen-bond acceptors (Lipinski definition) is 4. The summed E-state index contributed by atoms with van der Waals surface area (Å²) < 4.78 is 47.2. The summed E-state index contributed by atoms with van der Waals surface area (Å²) in [6, 6.07) is 15.1. The SMILES string of the molecule is O=C(c1ccc(-c2ccc(OCC3CCCCN3CC3(C(F)(F)F)CCC3)cc2)cc1)N1CC[C@@H](O)C1. The van der Waals surface area contributed by atoms with Crippen molar-refractivity contribution in [2.45, 2.75) is 63.3 Å². The molecule has 2 aromatic carbocycles. The molecule has 3 aliphatic rings. The number of β-amino-alcohol motifs (C(OH)–C–C–N with tert-alkyl or cyclic N) is 1. The van der Waals surface area contributed by atoms with Gasteiger partial charge in [-0.05, 0) is 74.0 Å². The molecule has 1 aliphatic carbocycles. The summed E-state index contributed by atoms with van der Waals surface area (Å²) in [5, 5.41) is 9.67. The van der Waals surface area contributed by atoms with E-state index in [-0.39, 0.29) is 31.3 Å². The normalized spacial score (nSPS) is 24.1. The number of carbonyl (C=O) groups is 1. The molecule has 2 saturated heterocycles. The lowest BCUT2D eigenvalue weighted by molar-refractivity contribution is -0.258. The van der Waals surface area contributed by atoms with Crippen molar-refractivity contribution in [3.63, 3.8) is 0 Å². The number of benzene rings is 2. The van der Waals surface area contributed by atoms with Crippen LogP contribution in [0.3, 0.4) is 0 Å². The Morgan fingerprint density at radius 2 is 1.62 bits per heavy atom. The number of nitrogens with zero attached hydrogens (tertiary/aromatic N) is 2. The molecule has 0 spiro atoms. The number of rotatable bonds is 7. The summed E-state index contributed by atoms with van der Waals surface area (Å²) in [7, 11) is 0. The number of piperidine rings is 1. The molecule has 1 amide bonds. The summed E-state index contributed by atoms with van der Waals surface area (Å²) >= 11 is 0. The second kappa shape index (κ2) is 10.7. The molecular weight excluding hydrogens is 481 g/mol. The van der Waals surface area contributed by atoms with Gasteiger partial charge in [-0.15, -0.1) is 0 Å². The molecule has 5 rings (SSSR count). The molecule has 3 fully saturated rings. The highest BCUT2D eigenvalue weighted by Gasteiger charge is 2.59. The number of halogens is 3. The lowest BCUT2D eigenvalue weighted by Crippen LogP contribution is -2.56. The van der Waals surface area contributed by atoms with Crippen molar-refractivity contribution < 1.29 is 27.8 Å². The van der Waals surface area contributed by atoms with Crippen molar-refractivity contribution in [2.75, 3.05) is 32.8 Å². The maximum atomic E-state index is 13.7. The van der Waals surface area contributed by atoms with Crippen LogP contribution in [0, 0.1) is 5.41 Å². The standard InChI is InChI=1S/C29H35F3N2O3/c30-29(31,32)28(14-3-15-28)20-34-16-2-1-4-24(34)19-37-26-11-9-22(10-12-26)21-5-7-23(8-6-21)27(36)33-17-13-25(35)18-33/h5-12,24-25,35H,1-4,13-20H2/t24?,25-/m1/s1. The molecule has 1 N–H and O–H groups in total. The number of ether oxygens (including phenoxy) is 1. The summed E-state index contributed by atoms with van der Waals surface area (Å²) in [5.74, 6) is 0.630. The van der Waals surface area contributed by atoms with Crippen LogP contribution in [0.25, 0.3) is 11.1 Å². The van der Waals surface area contributed by atoms with Gasteiger partial charge in [-0.2, -0.15) is 13.2 Å². The summed E-state index contributed by atoms with van der Waals surface area (Å²) in [6.07, 6.45) is -0.0442. The van der Waals surface area contributed by atoms with Gasteiger partial charge in [-0.25, -0.2) is 0 Å². The molecule has 2 heterocycles. The number of aliphatic hydroxyl groups excluding tert-OH is 1. The van der Waals surface area contributed by atoms with Gasteiger partial charge in [0.2, 0.25) is 0 Å². The van der Waals surface area contributed by atoms with E-state index in [1.807, 2.05) is 41.3 Å². The Hall–Kier alpha value is -2.58. The molecule has 1 saturated carbocycles. The number of alkyl halides is 3. The molecule has 5 nitrogen and oxygen atoms in total. The van der Waals surface area contributed by atoms with Gasteiger partial charge in [-0.1, -0.05) is 37.1 Å². The lowest BCUT2D eigenvalue weighted by Gasteiger charge is -2.48. The van der Waals surface area contributed by atoms with Crippen molar-refractivity contribution in [1.82, 2.24) is 9.80 Å². The Kier molecular flexibility index (Phi) is 7.50. The molecule has 200 valence electrons. The van der Waals surface area contributed by atoms with Gasteiger partial charge >= 0.3 is 6.18 Å². The van der Waals surface area contributed by atoms with Crippen LogP contribution in [-0.4, -0.2) is 71.9 Å². The van der Waals surface area contributed by atoms with Crippen LogP contribution < -0.4 is 4.74 Å². The first kappa shape index (κ1) is 26.0.